The number of tetrazole rings is 1. The van der Waals surface area contributed by atoms with Crippen molar-refractivity contribution in [1.29, 1.82) is 0 Å². The molecule has 0 bridgehead atoms. The van der Waals surface area contributed by atoms with E-state index in [0.29, 0.717) is 6.04 Å². The van der Waals surface area contributed by atoms with Gasteiger partial charge in [0.15, 0.2) is 0 Å². The molecule has 0 radical (unpaired) electrons. The fourth-order valence-corrected chi connectivity index (χ4v) is 3.98. The largest absolute Gasteiger partial charge is 0.268 e. The normalized spacial score (nSPS) is 14.9. The average molecular weight is 357 g/mol. The maximum absolute atomic E-state index is 4.61. The third-order valence-corrected chi connectivity index (χ3v) is 5.25. The minimum absolute atomic E-state index is 0.512. The lowest BCUT2D eigenvalue weighted by Gasteiger charge is -2.05. The maximum Gasteiger partial charge on any atom is 0.209 e. The Morgan fingerprint density at radius 1 is 1.35 bits per heavy atom. The van der Waals surface area contributed by atoms with E-state index in [1.807, 2.05) is 4.68 Å². The molecule has 0 aromatic carbocycles. The van der Waals surface area contributed by atoms with Crippen molar-refractivity contribution in [3.63, 3.8) is 0 Å². The SMILES string of the molecule is CCc1nn(CC)c(CSc2nnnn2C2CC2)c1Br. The van der Waals surface area contributed by atoms with Gasteiger partial charge >= 0.3 is 0 Å². The highest BCUT2D eigenvalue weighted by molar-refractivity contribution is 9.10. The Bertz CT molecular complexity index is 603. The molecule has 20 heavy (non-hydrogen) atoms. The summed E-state index contributed by atoms with van der Waals surface area (Å²) >= 11 is 5.35. The van der Waals surface area contributed by atoms with Gasteiger partial charge in [-0.15, -0.1) is 5.10 Å². The van der Waals surface area contributed by atoms with Crippen molar-refractivity contribution in [3.05, 3.63) is 15.9 Å². The van der Waals surface area contributed by atoms with E-state index in [-0.39, 0.29) is 0 Å². The van der Waals surface area contributed by atoms with Crippen LogP contribution in [0.15, 0.2) is 9.63 Å². The Hall–Kier alpha value is -0.890. The van der Waals surface area contributed by atoms with Crippen molar-refractivity contribution in [1.82, 2.24) is 30.0 Å². The second kappa shape index (κ2) is 5.85. The molecule has 1 aliphatic rings. The molecular weight excluding hydrogens is 340 g/mol. The van der Waals surface area contributed by atoms with E-state index in [9.17, 15) is 0 Å². The van der Waals surface area contributed by atoms with Crippen LogP contribution >= 0.6 is 27.7 Å². The van der Waals surface area contributed by atoms with Gasteiger partial charge in [-0.05, 0) is 52.5 Å². The molecule has 2 aromatic heterocycles. The van der Waals surface area contributed by atoms with Gasteiger partial charge in [0.1, 0.15) is 0 Å². The second-order valence-electron chi connectivity index (χ2n) is 4.80. The quantitative estimate of drug-likeness (QED) is 0.744. The molecule has 0 amide bonds. The highest BCUT2D eigenvalue weighted by atomic mass is 79.9. The molecule has 0 N–H and O–H groups in total. The van der Waals surface area contributed by atoms with Gasteiger partial charge in [-0.1, -0.05) is 18.7 Å². The van der Waals surface area contributed by atoms with Gasteiger partial charge in [0.25, 0.3) is 0 Å². The lowest BCUT2D eigenvalue weighted by Crippen LogP contribution is -2.03. The summed E-state index contributed by atoms with van der Waals surface area (Å²) in [5, 5.41) is 17.5. The van der Waals surface area contributed by atoms with Crippen LogP contribution in [0.1, 0.15) is 44.1 Å². The summed E-state index contributed by atoms with van der Waals surface area (Å²) in [6.07, 6.45) is 3.31. The number of aromatic nitrogens is 6. The van der Waals surface area contributed by atoms with Crippen molar-refractivity contribution in [3.8, 4) is 0 Å². The van der Waals surface area contributed by atoms with Gasteiger partial charge < -0.3 is 0 Å². The smallest absolute Gasteiger partial charge is 0.209 e. The predicted octanol–water partition coefficient (Wildman–Crippen LogP) is 2.84. The van der Waals surface area contributed by atoms with Gasteiger partial charge in [0.2, 0.25) is 5.16 Å². The molecule has 3 rings (SSSR count). The van der Waals surface area contributed by atoms with Gasteiger partial charge in [0.05, 0.1) is 21.9 Å². The van der Waals surface area contributed by atoms with Crippen molar-refractivity contribution in [2.45, 2.75) is 56.6 Å². The van der Waals surface area contributed by atoms with Gasteiger partial charge in [0, 0.05) is 12.3 Å². The topological polar surface area (TPSA) is 61.4 Å². The lowest BCUT2D eigenvalue weighted by atomic mass is 10.3. The first-order valence-corrected chi connectivity index (χ1v) is 8.67. The molecule has 0 atom stereocenters. The summed E-state index contributed by atoms with van der Waals surface area (Å²) in [6.45, 7) is 5.11. The van der Waals surface area contributed by atoms with E-state index in [2.05, 4.69) is 55.1 Å². The standard InChI is InChI=1S/C12H17BrN6S/c1-3-9-11(13)10(18(4-2)15-9)7-20-12-14-16-17-19(12)8-5-6-8/h8H,3-7H2,1-2H3. The molecule has 2 heterocycles. The van der Waals surface area contributed by atoms with Crippen molar-refractivity contribution in [2.24, 2.45) is 0 Å². The number of hydrogen-bond acceptors (Lipinski definition) is 5. The fourth-order valence-electron chi connectivity index (χ4n) is 2.12. The van der Waals surface area contributed by atoms with E-state index >= 15 is 0 Å². The third-order valence-electron chi connectivity index (χ3n) is 3.39. The number of nitrogens with zero attached hydrogens (tertiary/aromatic N) is 6. The van der Waals surface area contributed by atoms with Crippen LogP contribution in [0.3, 0.4) is 0 Å². The molecule has 1 fully saturated rings. The lowest BCUT2D eigenvalue weighted by molar-refractivity contribution is 0.565. The Morgan fingerprint density at radius 3 is 2.80 bits per heavy atom. The van der Waals surface area contributed by atoms with Crippen LogP contribution in [-0.2, 0) is 18.7 Å². The highest BCUT2D eigenvalue weighted by Gasteiger charge is 2.28. The van der Waals surface area contributed by atoms with Crippen LogP contribution in [0.2, 0.25) is 0 Å². The van der Waals surface area contributed by atoms with Crippen LogP contribution in [-0.4, -0.2) is 30.0 Å². The Kier molecular flexibility index (Phi) is 4.11. The summed E-state index contributed by atoms with van der Waals surface area (Å²) < 4.78 is 5.13. The summed E-state index contributed by atoms with van der Waals surface area (Å²) in [5.41, 5.74) is 2.32. The third kappa shape index (κ3) is 2.63. The van der Waals surface area contributed by atoms with Crippen molar-refractivity contribution < 1.29 is 0 Å². The minimum Gasteiger partial charge on any atom is -0.268 e. The molecule has 0 spiro atoms. The van der Waals surface area contributed by atoms with Crippen LogP contribution in [0.25, 0.3) is 0 Å². The second-order valence-corrected chi connectivity index (χ2v) is 6.54. The van der Waals surface area contributed by atoms with E-state index in [1.54, 1.807) is 11.8 Å². The van der Waals surface area contributed by atoms with Gasteiger partial charge in [-0.2, -0.15) is 5.10 Å². The summed E-state index contributed by atoms with van der Waals surface area (Å²) in [5.74, 6) is 0.828. The van der Waals surface area contributed by atoms with Gasteiger partial charge in [-0.3, -0.25) is 4.68 Å². The number of rotatable bonds is 6. The van der Waals surface area contributed by atoms with Crippen LogP contribution < -0.4 is 0 Å². The fraction of sp³-hybridized carbons (Fsp3) is 0.667. The Morgan fingerprint density at radius 2 is 2.15 bits per heavy atom. The van der Waals surface area contributed by atoms with E-state index in [1.165, 1.54) is 18.5 Å². The highest BCUT2D eigenvalue weighted by Crippen LogP contribution is 2.37. The first-order chi connectivity index (χ1) is 9.74. The Balaban J connectivity index is 1.77. The molecule has 0 saturated heterocycles. The van der Waals surface area contributed by atoms with Crippen LogP contribution in [0, 0.1) is 0 Å². The Labute approximate surface area is 130 Å². The zero-order valence-electron chi connectivity index (χ0n) is 11.6. The monoisotopic (exact) mass is 356 g/mol. The zero-order valence-corrected chi connectivity index (χ0v) is 14.0. The van der Waals surface area contributed by atoms with Crippen molar-refractivity contribution >= 4 is 27.7 Å². The summed E-state index contributed by atoms with van der Waals surface area (Å²) in [6, 6.07) is 0.512. The number of aryl methyl sites for hydroxylation is 2. The van der Waals surface area contributed by atoms with Crippen LogP contribution in [0.5, 0.6) is 0 Å². The first kappa shape index (κ1) is 14.1. The van der Waals surface area contributed by atoms with E-state index in [4.69, 9.17) is 0 Å². The number of hydrogen-bond donors (Lipinski definition) is 0. The number of halogens is 1. The molecule has 1 saturated carbocycles. The number of thioether (sulfide) groups is 1. The van der Waals surface area contributed by atoms with E-state index in [0.717, 1.165) is 34.0 Å². The first-order valence-electron chi connectivity index (χ1n) is 6.89. The molecular formula is C12H17BrN6S. The molecule has 1 aliphatic carbocycles. The molecule has 6 nitrogen and oxygen atoms in total. The van der Waals surface area contributed by atoms with Gasteiger partial charge in [-0.25, -0.2) is 4.68 Å². The maximum atomic E-state index is 4.61. The molecule has 8 heteroatoms. The van der Waals surface area contributed by atoms with Crippen LogP contribution in [0.4, 0.5) is 0 Å². The molecule has 0 aliphatic heterocycles. The summed E-state index contributed by atoms with van der Waals surface area (Å²) in [7, 11) is 0. The molecule has 2 aromatic rings. The van der Waals surface area contributed by atoms with E-state index < -0.39 is 0 Å². The molecule has 0 unspecified atom stereocenters. The zero-order chi connectivity index (χ0) is 14.1. The van der Waals surface area contributed by atoms with Crippen molar-refractivity contribution in [2.75, 3.05) is 0 Å². The predicted molar refractivity (Wildman–Crippen MR) is 80.6 cm³/mol. The summed E-state index contributed by atoms with van der Waals surface area (Å²) in [4.78, 5) is 0. The average Bonchev–Trinajstić information content (AvgIpc) is 3.12. The minimum atomic E-state index is 0.512. The molecule has 108 valence electrons.